The highest BCUT2D eigenvalue weighted by Crippen LogP contribution is 2.48. The third-order valence-electron chi connectivity index (χ3n) is 7.95. The first kappa shape index (κ1) is 32.6. The van der Waals surface area contributed by atoms with E-state index in [1.807, 2.05) is 19.9 Å². The van der Waals surface area contributed by atoms with Crippen LogP contribution in [0.3, 0.4) is 0 Å². The van der Waals surface area contributed by atoms with Crippen LogP contribution in [0.5, 0.6) is 0 Å². The Labute approximate surface area is 274 Å². The predicted molar refractivity (Wildman–Crippen MR) is 186 cm³/mol. The molecule has 1 fully saturated rings. The van der Waals surface area contributed by atoms with Gasteiger partial charge in [-0.05, 0) is 91.0 Å². The number of allylic oxidation sites excluding steroid dienone is 5. The maximum atomic E-state index is 13.8. The van der Waals surface area contributed by atoms with Crippen LogP contribution in [0.1, 0.15) is 32.8 Å². The van der Waals surface area contributed by atoms with E-state index in [9.17, 15) is 18.0 Å². The Morgan fingerprint density at radius 3 is 1.96 bits per heavy atom. The van der Waals surface area contributed by atoms with Crippen molar-refractivity contribution < 1.29 is 22.2 Å². The number of nitrogens with zero attached hydrogens (tertiary/aromatic N) is 3. The first-order chi connectivity index (χ1) is 21.8. The molecule has 0 bridgehead atoms. The third kappa shape index (κ3) is 5.82. The maximum Gasteiger partial charge on any atom is 0.296 e. The Kier molecular flexibility index (Phi) is 8.89. The molecule has 10 nitrogen and oxygen atoms in total. The van der Waals surface area contributed by atoms with Crippen molar-refractivity contribution in [3.63, 3.8) is 0 Å². The van der Waals surface area contributed by atoms with Crippen LogP contribution in [0.15, 0.2) is 107 Å². The number of nitrogens with two attached hydrogens (primary N) is 2. The molecule has 5 rings (SSSR count). The number of fused-ring (bicyclic) bond motifs is 1. The van der Waals surface area contributed by atoms with Crippen LogP contribution in [0, 0.1) is 0 Å². The molecule has 3 aromatic rings. The maximum absolute atomic E-state index is 13.8. The van der Waals surface area contributed by atoms with E-state index >= 15 is 0 Å². The van der Waals surface area contributed by atoms with E-state index in [-0.39, 0.29) is 15.6 Å². The number of benzene rings is 3. The number of rotatable bonds is 8. The van der Waals surface area contributed by atoms with Gasteiger partial charge in [-0.3, -0.25) is 23.6 Å². The molecule has 0 unspecified atom stereocenters. The first-order valence-corrected chi connectivity index (χ1v) is 16.4. The highest BCUT2D eigenvalue weighted by Gasteiger charge is 2.42. The molecule has 0 saturated carbocycles. The molecule has 46 heavy (non-hydrogen) atoms. The monoisotopic (exact) mass is 657 g/mol. The van der Waals surface area contributed by atoms with Crippen LogP contribution in [-0.4, -0.2) is 39.0 Å². The number of amides is 2. The topological polar surface area (TPSA) is 139 Å². The predicted octanol–water partition coefficient (Wildman–Crippen LogP) is 5.43. The Morgan fingerprint density at radius 1 is 0.870 bits per heavy atom. The molecule has 2 amide bonds. The standard InChI is InChI=1S/C34H35N5O5S2/c1-5-18-37-29-17-16-26(46(42,43)44-4)21-28(29)34(2,3)30(37)15-7-6-14-27-31(40)38(24-12-8-10-22(35)19-24)33(45)39(32(27)41)25-13-9-11-23(36)20-25/h6-17,19-21H,5,18,35-36H2,1-4H3/b7-6+,30-15+. The fourth-order valence-corrected chi connectivity index (χ4v) is 6.77. The number of hydrogen-bond acceptors (Lipinski definition) is 9. The smallest absolute Gasteiger partial charge is 0.296 e. The molecule has 0 atom stereocenters. The Bertz CT molecular complexity index is 1880. The average molecular weight is 658 g/mol. The van der Waals surface area contributed by atoms with Crippen LogP contribution in [-0.2, 0) is 29.3 Å². The van der Waals surface area contributed by atoms with E-state index in [4.69, 9.17) is 27.9 Å². The minimum atomic E-state index is -3.87. The molecular formula is C34H35N5O5S2. The average Bonchev–Trinajstić information content (AvgIpc) is 3.22. The first-order valence-electron chi connectivity index (χ1n) is 14.6. The van der Waals surface area contributed by atoms with E-state index in [1.165, 1.54) is 15.9 Å². The number of carbonyl (C=O) groups excluding carboxylic acids is 2. The van der Waals surface area contributed by atoms with Crippen molar-refractivity contribution >= 4 is 67.7 Å². The summed E-state index contributed by atoms with van der Waals surface area (Å²) in [6, 6.07) is 18.4. The second kappa shape index (κ2) is 12.5. The molecule has 1 saturated heterocycles. The molecule has 2 heterocycles. The molecule has 0 aliphatic carbocycles. The van der Waals surface area contributed by atoms with E-state index < -0.39 is 27.3 Å². The van der Waals surface area contributed by atoms with Crippen LogP contribution in [0.4, 0.5) is 28.4 Å². The van der Waals surface area contributed by atoms with Crippen molar-refractivity contribution in [1.82, 2.24) is 0 Å². The zero-order valence-electron chi connectivity index (χ0n) is 25.9. The summed E-state index contributed by atoms with van der Waals surface area (Å²) >= 11 is 5.67. The summed E-state index contributed by atoms with van der Waals surface area (Å²) in [5.74, 6) is -1.18. The second-order valence-corrected chi connectivity index (χ2v) is 13.4. The Balaban J connectivity index is 1.55. The van der Waals surface area contributed by atoms with Gasteiger partial charge in [-0.25, -0.2) is 0 Å². The summed E-state index contributed by atoms with van der Waals surface area (Å²) in [6.07, 6.45) is 7.61. The second-order valence-electron chi connectivity index (χ2n) is 11.3. The van der Waals surface area contributed by atoms with Crippen LogP contribution >= 0.6 is 12.2 Å². The van der Waals surface area contributed by atoms with Gasteiger partial charge < -0.3 is 16.4 Å². The number of nitrogen functional groups attached to an aromatic ring is 2. The molecular weight excluding hydrogens is 623 g/mol. The van der Waals surface area contributed by atoms with Gasteiger partial charge in [0.2, 0.25) is 0 Å². The molecule has 3 aromatic carbocycles. The fourth-order valence-electron chi connectivity index (χ4n) is 5.70. The van der Waals surface area contributed by atoms with Gasteiger partial charge in [0.05, 0.1) is 23.4 Å². The van der Waals surface area contributed by atoms with Crippen molar-refractivity contribution in [2.45, 2.75) is 37.5 Å². The zero-order chi connectivity index (χ0) is 33.4. The van der Waals surface area contributed by atoms with Gasteiger partial charge in [0.25, 0.3) is 21.9 Å². The normalized spacial score (nSPS) is 17.4. The third-order valence-corrected chi connectivity index (χ3v) is 9.59. The highest BCUT2D eigenvalue weighted by molar-refractivity contribution is 7.86. The van der Waals surface area contributed by atoms with E-state index in [0.717, 1.165) is 30.5 Å². The molecule has 4 N–H and O–H groups in total. The van der Waals surface area contributed by atoms with E-state index in [2.05, 4.69) is 11.8 Å². The fraction of sp³-hybridized carbons (Fsp3) is 0.206. The van der Waals surface area contributed by atoms with Crippen LogP contribution in [0.25, 0.3) is 0 Å². The van der Waals surface area contributed by atoms with Gasteiger partial charge in [0, 0.05) is 34.7 Å². The van der Waals surface area contributed by atoms with Crippen molar-refractivity contribution in [2.24, 2.45) is 0 Å². The quantitative estimate of drug-likeness (QED) is 0.107. The lowest BCUT2D eigenvalue weighted by Gasteiger charge is -2.36. The SMILES string of the molecule is CCCN1/C(=C/C=C/C=C2C(=O)N(c3cccc(N)c3)C(=S)N(c3cccc(N)c3)C2=O)C(C)(C)c2cc(S(=O)(=O)OC)ccc21. The molecule has 0 radical (unpaired) electrons. The van der Waals surface area contributed by atoms with Gasteiger partial charge in [0.1, 0.15) is 5.57 Å². The van der Waals surface area contributed by atoms with Gasteiger partial charge in [-0.2, -0.15) is 8.42 Å². The van der Waals surface area contributed by atoms with Crippen molar-refractivity contribution in [1.29, 1.82) is 0 Å². The van der Waals surface area contributed by atoms with E-state index in [1.54, 1.807) is 78.9 Å². The molecule has 0 aromatic heterocycles. The lowest BCUT2D eigenvalue weighted by molar-refractivity contribution is -0.120. The minimum Gasteiger partial charge on any atom is -0.399 e. The molecule has 2 aliphatic heterocycles. The number of anilines is 5. The largest absolute Gasteiger partial charge is 0.399 e. The Morgan fingerprint density at radius 2 is 1.43 bits per heavy atom. The minimum absolute atomic E-state index is 0.0232. The molecule has 238 valence electrons. The molecule has 2 aliphatic rings. The summed E-state index contributed by atoms with van der Waals surface area (Å²) in [4.78, 5) is 32.4. The van der Waals surface area contributed by atoms with E-state index in [0.29, 0.717) is 29.3 Å². The molecule has 12 heteroatoms. The van der Waals surface area contributed by atoms with Gasteiger partial charge in [-0.15, -0.1) is 0 Å². The number of carbonyl (C=O) groups is 2. The van der Waals surface area contributed by atoms with Gasteiger partial charge >= 0.3 is 0 Å². The summed E-state index contributed by atoms with van der Waals surface area (Å²) in [7, 11) is -2.73. The number of thiocarbonyl (C=S) groups is 1. The zero-order valence-corrected chi connectivity index (χ0v) is 27.6. The lowest BCUT2D eigenvalue weighted by Crippen LogP contribution is -2.57. The summed E-state index contributed by atoms with van der Waals surface area (Å²) in [5, 5.41) is -0.0232. The lowest BCUT2D eigenvalue weighted by atomic mass is 9.83. The summed E-state index contributed by atoms with van der Waals surface area (Å²) in [6.45, 7) is 6.80. The van der Waals surface area contributed by atoms with Crippen LogP contribution < -0.4 is 26.2 Å². The summed E-state index contributed by atoms with van der Waals surface area (Å²) in [5.41, 5.74) is 15.7. The number of hydrogen-bond donors (Lipinski definition) is 2. The summed E-state index contributed by atoms with van der Waals surface area (Å²) < 4.78 is 29.6. The van der Waals surface area contributed by atoms with Gasteiger partial charge in [0.15, 0.2) is 5.11 Å². The van der Waals surface area contributed by atoms with Gasteiger partial charge in [-0.1, -0.05) is 45.1 Å². The van der Waals surface area contributed by atoms with Crippen molar-refractivity contribution in [3.8, 4) is 0 Å². The van der Waals surface area contributed by atoms with Crippen molar-refractivity contribution in [3.05, 3.63) is 108 Å². The highest BCUT2D eigenvalue weighted by atomic mass is 32.2. The molecule has 0 spiro atoms. The Hall–Kier alpha value is -4.78. The van der Waals surface area contributed by atoms with Crippen LogP contribution in [0.2, 0.25) is 0 Å². The van der Waals surface area contributed by atoms with Crippen molar-refractivity contribution in [2.75, 3.05) is 39.8 Å².